The number of hydrogen-bond acceptors (Lipinski definition) is 3. The third-order valence-electron chi connectivity index (χ3n) is 4.69. The number of halogens is 1. The minimum Gasteiger partial charge on any atom is -0.468 e. The lowest BCUT2D eigenvalue weighted by atomic mass is 9.93. The predicted octanol–water partition coefficient (Wildman–Crippen LogP) is 5.73. The Morgan fingerprint density at radius 3 is 2.24 bits per heavy atom. The molecule has 1 aromatic rings. The second-order valence-electron chi connectivity index (χ2n) is 7.52. The number of carbonyl (C=O) groups excluding carboxylic acids is 1. The lowest BCUT2D eigenvalue weighted by molar-refractivity contribution is -0.144. The second-order valence-corrected chi connectivity index (χ2v) is 12.7. The highest BCUT2D eigenvalue weighted by Crippen LogP contribution is 2.39. The first-order valence-electron chi connectivity index (χ1n) is 8.34. The Labute approximate surface area is 157 Å². The predicted molar refractivity (Wildman–Crippen MR) is 108 cm³/mol. The van der Waals surface area contributed by atoms with Crippen molar-refractivity contribution in [1.29, 1.82) is 0 Å². The summed E-state index contributed by atoms with van der Waals surface area (Å²) in [5, 5.41) is 0.643. The Bertz CT molecular complexity index is 615. The van der Waals surface area contributed by atoms with Crippen LogP contribution in [0.4, 0.5) is 0 Å². The fourth-order valence-electron chi connectivity index (χ4n) is 2.18. The molecule has 1 rings (SSSR count). The van der Waals surface area contributed by atoms with Gasteiger partial charge in [0.15, 0.2) is 8.32 Å². The maximum atomic E-state index is 12.6. The van der Waals surface area contributed by atoms with Crippen LogP contribution in [-0.2, 0) is 14.0 Å². The van der Waals surface area contributed by atoms with Gasteiger partial charge in [-0.2, -0.15) is 0 Å². The van der Waals surface area contributed by atoms with Crippen molar-refractivity contribution in [1.82, 2.24) is 0 Å². The van der Waals surface area contributed by atoms with Crippen LogP contribution < -0.4 is 0 Å². The molecule has 0 aliphatic rings. The first-order valence-corrected chi connectivity index (χ1v) is 11.6. The van der Waals surface area contributed by atoms with Crippen LogP contribution in [0.15, 0.2) is 49.1 Å². The summed E-state index contributed by atoms with van der Waals surface area (Å²) < 4.78 is 11.6. The molecule has 25 heavy (non-hydrogen) atoms. The smallest absolute Gasteiger partial charge is 0.316 e. The van der Waals surface area contributed by atoms with Gasteiger partial charge in [0, 0.05) is 5.02 Å². The minimum atomic E-state index is -2.10. The fourth-order valence-corrected chi connectivity index (χ4v) is 3.56. The van der Waals surface area contributed by atoms with Crippen LogP contribution in [0.3, 0.4) is 0 Å². The summed E-state index contributed by atoms with van der Waals surface area (Å²) in [6.07, 6.45) is 4.93. The van der Waals surface area contributed by atoms with Crippen molar-refractivity contribution in [2.24, 2.45) is 0 Å². The molecule has 0 aromatic heterocycles. The van der Waals surface area contributed by atoms with Crippen LogP contribution in [0.1, 0.15) is 32.3 Å². The van der Waals surface area contributed by atoms with E-state index in [-0.39, 0.29) is 11.0 Å². The molecule has 0 N–H and O–H groups in total. The number of carbonyl (C=O) groups is 1. The molecule has 0 unspecified atom stereocenters. The zero-order valence-electron chi connectivity index (χ0n) is 16.0. The van der Waals surface area contributed by atoms with Crippen molar-refractivity contribution >= 4 is 25.9 Å². The van der Waals surface area contributed by atoms with E-state index in [9.17, 15) is 4.79 Å². The summed E-state index contributed by atoms with van der Waals surface area (Å²) in [5.74, 6) is -0.896. The molecule has 5 heteroatoms. The van der Waals surface area contributed by atoms with Crippen LogP contribution in [0.25, 0.3) is 0 Å². The highest BCUT2D eigenvalue weighted by Gasteiger charge is 2.42. The first-order chi connectivity index (χ1) is 11.5. The largest absolute Gasteiger partial charge is 0.468 e. The van der Waals surface area contributed by atoms with Gasteiger partial charge in [-0.25, -0.2) is 0 Å². The van der Waals surface area contributed by atoms with Gasteiger partial charge in [0.1, 0.15) is 5.92 Å². The van der Waals surface area contributed by atoms with Crippen molar-refractivity contribution in [2.75, 3.05) is 7.11 Å². The molecular formula is C20H29ClO3Si. The Hall–Kier alpha value is -1.36. The third kappa shape index (κ3) is 5.84. The Balaban J connectivity index is 3.34. The number of allylic oxidation sites excluding steroid dienone is 2. The number of esters is 1. The third-order valence-corrected chi connectivity index (χ3v) is 9.41. The van der Waals surface area contributed by atoms with E-state index < -0.39 is 20.3 Å². The molecular weight excluding hydrogens is 352 g/mol. The van der Waals surface area contributed by atoms with Crippen molar-refractivity contribution in [3.05, 3.63) is 59.7 Å². The highest BCUT2D eigenvalue weighted by molar-refractivity contribution is 6.74. The topological polar surface area (TPSA) is 35.5 Å². The summed E-state index contributed by atoms with van der Waals surface area (Å²) in [5.41, 5.74) is 0.814. The molecule has 0 heterocycles. The van der Waals surface area contributed by atoms with Crippen molar-refractivity contribution in [3.63, 3.8) is 0 Å². The molecule has 1 aromatic carbocycles. The molecule has 0 aliphatic carbocycles. The van der Waals surface area contributed by atoms with E-state index in [1.165, 1.54) is 7.11 Å². The van der Waals surface area contributed by atoms with E-state index in [2.05, 4.69) is 40.4 Å². The molecule has 0 bridgehead atoms. The average molecular weight is 381 g/mol. The normalized spacial score (nSPS) is 15.0. The summed E-state index contributed by atoms with van der Waals surface area (Å²) in [7, 11) is -0.708. The van der Waals surface area contributed by atoms with Gasteiger partial charge in [0.25, 0.3) is 0 Å². The lowest BCUT2D eigenvalue weighted by Gasteiger charge is -2.40. The zero-order valence-corrected chi connectivity index (χ0v) is 17.8. The average Bonchev–Trinajstić information content (AvgIpc) is 2.52. The minimum absolute atomic E-state index is 0.0218. The van der Waals surface area contributed by atoms with Crippen molar-refractivity contribution in [2.45, 2.75) is 50.9 Å². The van der Waals surface area contributed by atoms with Gasteiger partial charge in [-0.05, 0) is 35.8 Å². The quantitative estimate of drug-likeness (QED) is 0.344. The SMILES string of the molecule is C=C/C=C/[C@H](O[Si](C)(C)C(C)(C)C)[C@@H](C(=O)OC)c1ccc(Cl)cc1. The van der Waals surface area contributed by atoms with Gasteiger partial charge in [-0.3, -0.25) is 4.79 Å². The van der Waals surface area contributed by atoms with Crippen LogP contribution >= 0.6 is 11.6 Å². The van der Waals surface area contributed by atoms with Gasteiger partial charge >= 0.3 is 5.97 Å². The number of ether oxygens (including phenoxy) is 1. The highest BCUT2D eigenvalue weighted by atomic mass is 35.5. The van der Waals surface area contributed by atoms with E-state index in [4.69, 9.17) is 20.8 Å². The number of benzene rings is 1. The van der Waals surface area contributed by atoms with Crippen molar-refractivity contribution < 1.29 is 14.0 Å². The summed E-state index contributed by atoms with van der Waals surface area (Å²) in [6, 6.07) is 7.22. The summed E-state index contributed by atoms with van der Waals surface area (Å²) in [4.78, 5) is 12.6. The Morgan fingerprint density at radius 1 is 1.24 bits per heavy atom. The van der Waals surface area contributed by atoms with Gasteiger partial charge in [-0.15, -0.1) is 0 Å². The molecule has 3 nitrogen and oxygen atoms in total. The molecule has 138 valence electrons. The molecule has 0 fully saturated rings. The van der Waals surface area contributed by atoms with Gasteiger partial charge in [-0.1, -0.05) is 69.3 Å². The number of hydrogen-bond donors (Lipinski definition) is 0. The van der Waals surface area contributed by atoms with E-state index in [0.29, 0.717) is 5.02 Å². The van der Waals surface area contributed by atoms with E-state index in [1.807, 2.05) is 24.3 Å². The fraction of sp³-hybridized carbons (Fsp3) is 0.450. The van der Waals surface area contributed by atoms with E-state index in [1.54, 1.807) is 18.2 Å². The van der Waals surface area contributed by atoms with Crippen LogP contribution in [0, 0.1) is 0 Å². The van der Waals surface area contributed by atoms with E-state index >= 15 is 0 Å². The Kier molecular flexibility index (Phi) is 7.66. The van der Waals surface area contributed by atoms with Gasteiger partial charge in [0.2, 0.25) is 0 Å². The zero-order chi connectivity index (χ0) is 19.3. The molecule has 0 radical (unpaired) electrons. The maximum absolute atomic E-state index is 12.6. The van der Waals surface area contributed by atoms with Crippen LogP contribution in [-0.4, -0.2) is 27.5 Å². The Morgan fingerprint density at radius 2 is 1.80 bits per heavy atom. The summed E-state index contributed by atoms with van der Waals surface area (Å²) in [6.45, 7) is 14.6. The second kappa shape index (κ2) is 8.83. The molecule has 2 atom stereocenters. The van der Waals surface area contributed by atoms with Gasteiger partial charge in [0.05, 0.1) is 13.2 Å². The molecule has 0 saturated carbocycles. The van der Waals surface area contributed by atoms with E-state index in [0.717, 1.165) is 5.56 Å². The molecule has 0 spiro atoms. The number of rotatable bonds is 7. The standard InChI is InChI=1S/C20H29ClO3Si/c1-8-9-10-17(24-25(6,7)20(2,3)4)18(19(22)23-5)15-11-13-16(21)14-12-15/h8-14,17-18H,1H2,2-7H3/b10-9+/t17-,18-/m0/s1. The van der Waals surface area contributed by atoms with Crippen molar-refractivity contribution in [3.8, 4) is 0 Å². The lowest BCUT2D eigenvalue weighted by Crippen LogP contribution is -2.46. The molecule has 0 aliphatic heterocycles. The number of methoxy groups -OCH3 is 1. The maximum Gasteiger partial charge on any atom is 0.316 e. The van der Waals surface area contributed by atoms with Crippen LogP contribution in [0.2, 0.25) is 23.2 Å². The molecule has 0 amide bonds. The van der Waals surface area contributed by atoms with Crippen LogP contribution in [0.5, 0.6) is 0 Å². The first kappa shape index (κ1) is 21.7. The monoisotopic (exact) mass is 380 g/mol. The summed E-state index contributed by atoms with van der Waals surface area (Å²) >= 11 is 5.99. The molecule has 0 saturated heterocycles. The van der Waals surface area contributed by atoms with Gasteiger partial charge < -0.3 is 9.16 Å².